The third-order valence-corrected chi connectivity index (χ3v) is 5.75. The fourth-order valence-corrected chi connectivity index (χ4v) is 4.74. The zero-order valence-corrected chi connectivity index (χ0v) is 16.4. The number of hydrogen-bond acceptors (Lipinski definition) is 5. The number of nitrogens with one attached hydrogen (secondary N) is 1. The van der Waals surface area contributed by atoms with E-state index in [1.54, 1.807) is 12.1 Å². The molecule has 9 heteroatoms. The quantitative estimate of drug-likeness (QED) is 0.703. The summed E-state index contributed by atoms with van der Waals surface area (Å²) >= 11 is 0. The van der Waals surface area contributed by atoms with Gasteiger partial charge in [-0.05, 0) is 42.3 Å². The fourth-order valence-electron chi connectivity index (χ4n) is 3.84. The third kappa shape index (κ3) is 2.86. The summed E-state index contributed by atoms with van der Waals surface area (Å²) < 4.78 is 50.9. The van der Waals surface area contributed by atoms with Crippen LogP contribution < -0.4 is 15.2 Å². The topological polar surface area (TPSA) is 90.4 Å². The molecule has 1 atom stereocenters. The molecule has 1 N–H and O–H groups in total. The molecule has 0 saturated heterocycles. The summed E-state index contributed by atoms with van der Waals surface area (Å²) in [5.41, 5.74) is 1.97. The molecule has 0 saturated carbocycles. The maximum atomic E-state index is 14.2. The molecule has 4 rings (SSSR count). The van der Waals surface area contributed by atoms with Gasteiger partial charge < -0.3 is 14.5 Å². The van der Waals surface area contributed by atoms with Crippen LogP contribution in [0.5, 0.6) is 11.5 Å². The molecule has 0 unspecified atom stereocenters. The van der Waals surface area contributed by atoms with E-state index in [0.29, 0.717) is 45.8 Å². The van der Waals surface area contributed by atoms with Crippen LogP contribution in [-0.4, -0.2) is 43.7 Å². The zero-order valence-electron chi connectivity index (χ0n) is 15.6. The lowest BCUT2D eigenvalue weighted by Gasteiger charge is -2.28. The molecule has 0 spiro atoms. The van der Waals surface area contributed by atoms with Gasteiger partial charge in [-0.15, -0.1) is 0 Å². The SMILES string of the molecule is CCOc1cc2c(cc1OC)-c1cc(F)cc3[nH]c(=O)n(c13)[C@@H]2CS(C)(=O)=O. The van der Waals surface area contributed by atoms with Gasteiger partial charge in [0.2, 0.25) is 0 Å². The minimum Gasteiger partial charge on any atom is -0.493 e. The molecule has 0 aliphatic carbocycles. The first kappa shape index (κ1) is 18.5. The first-order valence-electron chi connectivity index (χ1n) is 8.70. The predicted octanol–water partition coefficient (Wildman–Crippen LogP) is 2.49. The van der Waals surface area contributed by atoms with Gasteiger partial charge in [0, 0.05) is 11.8 Å². The predicted molar refractivity (Wildman–Crippen MR) is 104 cm³/mol. The van der Waals surface area contributed by atoms with E-state index < -0.39 is 27.4 Å². The summed E-state index contributed by atoms with van der Waals surface area (Å²) in [5.74, 6) is 0.0994. The number of methoxy groups -OCH3 is 1. The van der Waals surface area contributed by atoms with Gasteiger partial charge in [0.05, 0.1) is 36.5 Å². The summed E-state index contributed by atoms with van der Waals surface area (Å²) in [5, 5.41) is 0. The number of imidazole rings is 1. The Bertz CT molecular complexity index is 1260. The van der Waals surface area contributed by atoms with Gasteiger partial charge in [0.1, 0.15) is 15.7 Å². The highest BCUT2D eigenvalue weighted by molar-refractivity contribution is 7.90. The van der Waals surface area contributed by atoms with Gasteiger partial charge in [0.15, 0.2) is 11.5 Å². The van der Waals surface area contributed by atoms with Crippen molar-refractivity contribution in [2.75, 3.05) is 25.7 Å². The Kier molecular flexibility index (Phi) is 4.22. The van der Waals surface area contributed by atoms with Crippen LogP contribution in [0.25, 0.3) is 22.2 Å². The van der Waals surface area contributed by atoms with Crippen molar-refractivity contribution in [3.8, 4) is 22.6 Å². The Morgan fingerprint density at radius 1 is 1.18 bits per heavy atom. The monoisotopic (exact) mass is 406 g/mol. The molecule has 0 amide bonds. The van der Waals surface area contributed by atoms with Crippen molar-refractivity contribution < 1.29 is 22.3 Å². The van der Waals surface area contributed by atoms with Crippen LogP contribution in [0.2, 0.25) is 0 Å². The lowest BCUT2D eigenvalue weighted by Crippen LogP contribution is -2.30. The highest BCUT2D eigenvalue weighted by Gasteiger charge is 2.33. The molecule has 7 nitrogen and oxygen atoms in total. The lowest BCUT2D eigenvalue weighted by atomic mass is 9.90. The van der Waals surface area contributed by atoms with E-state index in [-0.39, 0.29) is 5.75 Å². The summed E-state index contributed by atoms with van der Waals surface area (Å²) in [4.78, 5) is 15.3. The van der Waals surface area contributed by atoms with E-state index in [4.69, 9.17) is 9.47 Å². The number of benzene rings is 2. The average Bonchev–Trinajstić information content (AvgIpc) is 2.93. The summed E-state index contributed by atoms with van der Waals surface area (Å²) in [6.45, 7) is 2.20. The number of nitrogens with zero attached hydrogens (tertiary/aromatic N) is 1. The number of rotatable bonds is 5. The minimum atomic E-state index is -3.43. The van der Waals surface area contributed by atoms with Crippen molar-refractivity contribution >= 4 is 20.9 Å². The molecule has 1 aliphatic heterocycles. The molecule has 28 heavy (non-hydrogen) atoms. The zero-order chi connectivity index (χ0) is 20.2. The molecule has 0 bridgehead atoms. The molecule has 1 aliphatic rings. The maximum Gasteiger partial charge on any atom is 0.327 e. The van der Waals surface area contributed by atoms with Crippen LogP contribution in [0, 0.1) is 5.82 Å². The molecule has 1 aromatic heterocycles. The first-order valence-corrected chi connectivity index (χ1v) is 10.8. The van der Waals surface area contributed by atoms with Gasteiger partial charge in [-0.25, -0.2) is 17.6 Å². The average molecular weight is 406 g/mol. The number of aromatic nitrogens is 2. The summed E-state index contributed by atoms with van der Waals surface area (Å²) in [6, 6.07) is 5.17. The molecule has 148 valence electrons. The standard InChI is InChI=1S/C19H19FN2O5S/c1-4-27-17-8-12-11(7-16(17)26-2)13-5-10(20)6-14-18(13)22(19(23)21-14)15(12)9-28(3,24)25/h5-8,15H,4,9H2,1-3H3,(H,21,23)/t15-/m1/s1. The van der Waals surface area contributed by atoms with Crippen molar-refractivity contribution in [2.45, 2.75) is 13.0 Å². The summed E-state index contributed by atoms with van der Waals surface area (Å²) in [6.07, 6.45) is 1.12. The second-order valence-electron chi connectivity index (χ2n) is 6.78. The van der Waals surface area contributed by atoms with Crippen LogP contribution in [-0.2, 0) is 9.84 Å². The van der Waals surface area contributed by atoms with Gasteiger partial charge in [0.25, 0.3) is 0 Å². The molecular weight excluding hydrogens is 387 g/mol. The van der Waals surface area contributed by atoms with Gasteiger partial charge in [-0.1, -0.05) is 0 Å². The second kappa shape index (κ2) is 6.37. The van der Waals surface area contributed by atoms with Crippen molar-refractivity contribution in [1.29, 1.82) is 0 Å². The highest BCUT2D eigenvalue weighted by Crippen LogP contribution is 2.45. The number of fused-ring (bicyclic) bond motifs is 2. The second-order valence-corrected chi connectivity index (χ2v) is 8.97. The maximum absolute atomic E-state index is 14.2. The minimum absolute atomic E-state index is 0.276. The molecular formula is C19H19FN2O5S. The molecule has 2 heterocycles. The largest absolute Gasteiger partial charge is 0.493 e. The smallest absolute Gasteiger partial charge is 0.327 e. The van der Waals surface area contributed by atoms with E-state index in [0.717, 1.165) is 6.26 Å². The number of halogens is 1. The van der Waals surface area contributed by atoms with Crippen molar-refractivity contribution in [1.82, 2.24) is 9.55 Å². The Balaban J connectivity index is 2.12. The van der Waals surface area contributed by atoms with E-state index in [1.807, 2.05) is 6.92 Å². The van der Waals surface area contributed by atoms with Gasteiger partial charge in [-0.3, -0.25) is 4.57 Å². The number of H-pyrrole nitrogens is 1. The van der Waals surface area contributed by atoms with Gasteiger partial charge in [-0.2, -0.15) is 0 Å². The van der Waals surface area contributed by atoms with Crippen molar-refractivity contribution in [3.05, 3.63) is 46.1 Å². The molecule has 0 fully saturated rings. The van der Waals surface area contributed by atoms with Crippen LogP contribution in [0.4, 0.5) is 4.39 Å². The first-order chi connectivity index (χ1) is 13.2. The Morgan fingerprint density at radius 3 is 2.57 bits per heavy atom. The Morgan fingerprint density at radius 2 is 1.93 bits per heavy atom. The lowest BCUT2D eigenvalue weighted by molar-refractivity contribution is 0.310. The van der Waals surface area contributed by atoms with Crippen molar-refractivity contribution in [2.24, 2.45) is 0 Å². The van der Waals surface area contributed by atoms with Crippen LogP contribution in [0.3, 0.4) is 0 Å². The van der Waals surface area contributed by atoms with E-state index in [2.05, 4.69) is 4.98 Å². The fraction of sp³-hybridized carbons (Fsp3) is 0.316. The molecule has 3 aromatic rings. The number of aromatic amines is 1. The number of hydrogen-bond donors (Lipinski definition) is 1. The van der Waals surface area contributed by atoms with E-state index in [9.17, 15) is 17.6 Å². The van der Waals surface area contributed by atoms with E-state index in [1.165, 1.54) is 23.8 Å². The van der Waals surface area contributed by atoms with Crippen LogP contribution in [0.15, 0.2) is 29.1 Å². The molecule has 0 radical (unpaired) electrons. The normalized spacial score (nSPS) is 15.5. The highest BCUT2D eigenvalue weighted by atomic mass is 32.2. The molecule has 2 aromatic carbocycles. The third-order valence-electron chi connectivity index (χ3n) is 4.83. The van der Waals surface area contributed by atoms with E-state index >= 15 is 0 Å². The van der Waals surface area contributed by atoms with Gasteiger partial charge >= 0.3 is 5.69 Å². The summed E-state index contributed by atoms with van der Waals surface area (Å²) in [7, 11) is -1.93. The van der Waals surface area contributed by atoms with Crippen molar-refractivity contribution in [3.63, 3.8) is 0 Å². The Labute approximate surface area is 160 Å². The number of ether oxygens (including phenoxy) is 2. The Hall–Kier alpha value is -2.81. The number of sulfone groups is 1. The van der Waals surface area contributed by atoms with Crippen LogP contribution >= 0.6 is 0 Å². The van der Waals surface area contributed by atoms with Crippen LogP contribution in [0.1, 0.15) is 18.5 Å².